The minimum absolute atomic E-state index is 0.0649. The van der Waals surface area contributed by atoms with Crippen molar-refractivity contribution in [1.29, 1.82) is 0 Å². The van der Waals surface area contributed by atoms with Gasteiger partial charge < -0.3 is 11.5 Å². The van der Waals surface area contributed by atoms with Crippen LogP contribution >= 0.6 is 0 Å². The van der Waals surface area contributed by atoms with E-state index < -0.39 is 21.0 Å². The van der Waals surface area contributed by atoms with Gasteiger partial charge in [-0.15, -0.1) is 0 Å². The minimum atomic E-state index is -3.41. The molecule has 6 heteroatoms. The van der Waals surface area contributed by atoms with Crippen molar-refractivity contribution in [3.8, 4) is 0 Å². The molecule has 0 spiro atoms. The van der Waals surface area contributed by atoms with E-state index in [0.29, 0.717) is 5.69 Å². The zero-order valence-electron chi connectivity index (χ0n) is 9.59. The predicted molar refractivity (Wildman–Crippen MR) is 65.9 cm³/mol. The maximum absolute atomic E-state index is 12.1. The number of carbonyl (C=O) groups excluding carboxylic acids is 1. The van der Waals surface area contributed by atoms with Crippen molar-refractivity contribution in [2.75, 3.05) is 5.73 Å². The van der Waals surface area contributed by atoms with Crippen LogP contribution in [0.1, 0.15) is 19.8 Å². The van der Waals surface area contributed by atoms with Crippen LogP contribution < -0.4 is 11.5 Å². The molecule has 0 heterocycles. The van der Waals surface area contributed by atoms with Crippen molar-refractivity contribution in [3.05, 3.63) is 24.3 Å². The molecule has 0 aliphatic heterocycles. The second-order valence-electron chi connectivity index (χ2n) is 3.93. The normalized spacial score (nSPS) is 13.2. The van der Waals surface area contributed by atoms with Gasteiger partial charge in [-0.1, -0.05) is 0 Å². The first-order chi connectivity index (χ1) is 7.84. The van der Waals surface area contributed by atoms with Gasteiger partial charge in [0.25, 0.3) is 0 Å². The maximum Gasteiger partial charge on any atom is 0.217 e. The van der Waals surface area contributed by atoms with E-state index in [1.165, 1.54) is 24.3 Å². The molecule has 94 valence electrons. The van der Waals surface area contributed by atoms with E-state index >= 15 is 0 Å². The molecule has 1 unspecified atom stereocenters. The molecule has 0 radical (unpaired) electrons. The fourth-order valence-corrected chi connectivity index (χ4v) is 2.80. The third-order valence-corrected chi connectivity index (χ3v) is 4.76. The van der Waals surface area contributed by atoms with Crippen LogP contribution in [-0.2, 0) is 14.6 Å². The van der Waals surface area contributed by atoms with Crippen LogP contribution in [0.25, 0.3) is 0 Å². The molecular weight excluding hydrogens is 240 g/mol. The Hall–Kier alpha value is -1.56. The largest absolute Gasteiger partial charge is 0.399 e. The monoisotopic (exact) mass is 256 g/mol. The SMILES string of the molecule is CC(CCC(N)=O)S(=O)(=O)c1ccc(N)cc1. The Labute approximate surface area is 101 Å². The number of rotatable bonds is 5. The van der Waals surface area contributed by atoms with Crippen molar-refractivity contribution >= 4 is 21.4 Å². The number of hydrogen-bond acceptors (Lipinski definition) is 4. The van der Waals surface area contributed by atoms with Crippen LogP contribution in [0.3, 0.4) is 0 Å². The Morgan fingerprint density at radius 3 is 2.29 bits per heavy atom. The standard InChI is InChI=1S/C11H16N2O3S/c1-8(2-7-11(13)14)17(15,16)10-5-3-9(12)4-6-10/h3-6,8H,2,7,12H2,1H3,(H2,13,14). The number of hydrogen-bond donors (Lipinski definition) is 2. The lowest BCUT2D eigenvalue weighted by molar-refractivity contribution is -0.118. The highest BCUT2D eigenvalue weighted by atomic mass is 32.2. The fraction of sp³-hybridized carbons (Fsp3) is 0.364. The first kappa shape index (κ1) is 13.5. The Balaban J connectivity index is 2.87. The van der Waals surface area contributed by atoms with Crippen molar-refractivity contribution in [3.63, 3.8) is 0 Å². The summed E-state index contributed by atoms with van der Waals surface area (Å²) in [6, 6.07) is 6.00. The van der Waals surface area contributed by atoms with Gasteiger partial charge in [0.1, 0.15) is 0 Å². The summed E-state index contributed by atoms with van der Waals surface area (Å²) in [7, 11) is -3.41. The molecule has 1 aromatic rings. The molecule has 0 aliphatic carbocycles. The summed E-state index contributed by atoms with van der Waals surface area (Å²) in [5, 5.41) is -0.640. The van der Waals surface area contributed by atoms with Crippen LogP contribution in [0.5, 0.6) is 0 Å². The average Bonchev–Trinajstić information content (AvgIpc) is 2.26. The number of benzene rings is 1. The summed E-state index contributed by atoms with van der Waals surface area (Å²) in [5.41, 5.74) is 11.0. The number of anilines is 1. The Kier molecular flexibility index (Phi) is 4.11. The third-order valence-electron chi connectivity index (χ3n) is 2.54. The van der Waals surface area contributed by atoms with Gasteiger partial charge in [-0.2, -0.15) is 0 Å². The van der Waals surface area contributed by atoms with Crippen molar-refractivity contribution in [1.82, 2.24) is 0 Å². The number of amides is 1. The number of primary amides is 1. The zero-order chi connectivity index (χ0) is 13.1. The first-order valence-corrected chi connectivity index (χ1v) is 6.76. The number of nitrogens with two attached hydrogens (primary N) is 2. The lowest BCUT2D eigenvalue weighted by Gasteiger charge is -2.12. The molecule has 0 aromatic heterocycles. The van der Waals surface area contributed by atoms with Crippen LogP contribution in [-0.4, -0.2) is 19.6 Å². The highest BCUT2D eigenvalue weighted by Gasteiger charge is 2.23. The Bertz CT molecular complexity index is 494. The van der Waals surface area contributed by atoms with Gasteiger partial charge in [0, 0.05) is 12.1 Å². The highest BCUT2D eigenvalue weighted by molar-refractivity contribution is 7.92. The van der Waals surface area contributed by atoms with Crippen LogP contribution in [0, 0.1) is 0 Å². The summed E-state index contributed by atoms with van der Waals surface area (Å²) >= 11 is 0. The van der Waals surface area contributed by atoms with E-state index in [2.05, 4.69) is 0 Å². The smallest absolute Gasteiger partial charge is 0.217 e. The quantitative estimate of drug-likeness (QED) is 0.756. The molecule has 1 rings (SSSR count). The summed E-state index contributed by atoms with van der Waals surface area (Å²) in [5.74, 6) is -0.496. The fourth-order valence-electron chi connectivity index (χ4n) is 1.39. The van der Waals surface area contributed by atoms with Gasteiger partial charge in [0.2, 0.25) is 5.91 Å². The van der Waals surface area contributed by atoms with E-state index in [1.807, 2.05) is 0 Å². The number of carbonyl (C=O) groups is 1. The molecule has 1 aromatic carbocycles. The van der Waals surface area contributed by atoms with Crippen LogP contribution in [0.2, 0.25) is 0 Å². The van der Waals surface area contributed by atoms with Gasteiger partial charge >= 0.3 is 0 Å². The minimum Gasteiger partial charge on any atom is -0.399 e. The highest BCUT2D eigenvalue weighted by Crippen LogP contribution is 2.20. The van der Waals surface area contributed by atoms with Gasteiger partial charge in [0.15, 0.2) is 9.84 Å². The topological polar surface area (TPSA) is 103 Å². The van der Waals surface area contributed by atoms with Gasteiger partial charge in [-0.05, 0) is 37.6 Å². The summed E-state index contributed by atoms with van der Waals surface area (Å²) in [6.45, 7) is 1.56. The maximum atomic E-state index is 12.1. The Morgan fingerprint density at radius 2 is 1.82 bits per heavy atom. The molecular formula is C11H16N2O3S. The Morgan fingerprint density at radius 1 is 1.29 bits per heavy atom. The van der Waals surface area contributed by atoms with Gasteiger partial charge in [0.05, 0.1) is 10.1 Å². The molecule has 0 fully saturated rings. The molecule has 4 N–H and O–H groups in total. The molecule has 5 nitrogen and oxygen atoms in total. The lowest BCUT2D eigenvalue weighted by Crippen LogP contribution is -2.21. The average molecular weight is 256 g/mol. The summed E-state index contributed by atoms with van der Waals surface area (Å²) < 4.78 is 24.1. The molecule has 0 saturated carbocycles. The van der Waals surface area contributed by atoms with Crippen LogP contribution in [0.15, 0.2) is 29.2 Å². The molecule has 0 aliphatic rings. The van der Waals surface area contributed by atoms with Gasteiger partial charge in [-0.25, -0.2) is 8.42 Å². The van der Waals surface area contributed by atoms with Gasteiger partial charge in [-0.3, -0.25) is 4.79 Å². The lowest BCUT2D eigenvalue weighted by atomic mass is 10.2. The van der Waals surface area contributed by atoms with E-state index in [9.17, 15) is 13.2 Å². The summed E-state index contributed by atoms with van der Waals surface area (Å²) in [6.07, 6.45) is 0.289. The first-order valence-electron chi connectivity index (χ1n) is 5.22. The van der Waals surface area contributed by atoms with Crippen molar-refractivity contribution in [2.24, 2.45) is 5.73 Å². The third kappa shape index (κ3) is 3.45. The second-order valence-corrected chi connectivity index (χ2v) is 6.30. The van der Waals surface area contributed by atoms with Crippen LogP contribution in [0.4, 0.5) is 5.69 Å². The molecule has 0 bridgehead atoms. The molecule has 1 atom stereocenters. The molecule has 1 amide bonds. The van der Waals surface area contributed by atoms with E-state index in [1.54, 1.807) is 6.92 Å². The van der Waals surface area contributed by atoms with Crippen molar-refractivity contribution in [2.45, 2.75) is 29.9 Å². The van der Waals surface area contributed by atoms with E-state index in [-0.39, 0.29) is 17.7 Å². The van der Waals surface area contributed by atoms with Crippen molar-refractivity contribution < 1.29 is 13.2 Å². The number of nitrogen functional groups attached to an aromatic ring is 1. The predicted octanol–water partition coefficient (Wildman–Crippen LogP) is 0.697. The van der Waals surface area contributed by atoms with E-state index in [4.69, 9.17) is 11.5 Å². The van der Waals surface area contributed by atoms with E-state index in [0.717, 1.165) is 0 Å². The summed E-state index contributed by atoms with van der Waals surface area (Å²) in [4.78, 5) is 10.8. The number of sulfone groups is 1. The molecule has 0 saturated heterocycles. The second kappa shape index (κ2) is 5.18. The molecule has 17 heavy (non-hydrogen) atoms. The zero-order valence-corrected chi connectivity index (χ0v) is 10.4.